The van der Waals surface area contributed by atoms with Gasteiger partial charge in [-0.15, -0.1) is 0 Å². The molecule has 0 bridgehead atoms. The molecule has 1 heterocycles. The van der Waals surface area contributed by atoms with E-state index >= 15 is 0 Å². The van der Waals surface area contributed by atoms with E-state index in [-0.39, 0.29) is 11.8 Å². The second kappa shape index (κ2) is 11.8. The summed E-state index contributed by atoms with van der Waals surface area (Å²) in [5.41, 5.74) is 0. The predicted molar refractivity (Wildman–Crippen MR) is 88.0 cm³/mol. The fourth-order valence-electron chi connectivity index (χ4n) is 2.41. The summed E-state index contributed by atoms with van der Waals surface area (Å²) in [7, 11) is 2.04. The quantitative estimate of drug-likeness (QED) is 0.543. The van der Waals surface area contributed by atoms with Crippen LogP contribution >= 0.6 is 0 Å². The Bertz CT molecular complexity index is 292. The van der Waals surface area contributed by atoms with Gasteiger partial charge >= 0.3 is 0 Å². The monoisotopic (exact) mass is 315 g/mol. The van der Waals surface area contributed by atoms with Crippen molar-refractivity contribution >= 4 is 5.91 Å². The SMILES string of the molecule is CNC1CCN(CCOCCOCCNC(=O)C(C)C)CC1. The summed E-state index contributed by atoms with van der Waals surface area (Å²) < 4.78 is 11.0. The van der Waals surface area contributed by atoms with Gasteiger partial charge in [0.1, 0.15) is 0 Å². The van der Waals surface area contributed by atoms with Gasteiger partial charge in [-0.2, -0.15) is 0 Å². The van der Waals surface area contributed by atoms with E-state index in [1.165, 1.54) is 12.8 Å². The van der Waals surface area contributed by atoms with Crippen LogP contribution in [0.3, 0.4) is 0 Å². The number of ether oxygens (including phenoxy) is 2. The van der Waals surface area contributed by atoms with Gasteiger partial charge in [0.25, 0.3) is 0 Å². The van der Waals surface area contributed by atoms with Gasteiger partial charge in [-0.05, 0) is 33.0 Å². The summed E-state index contributed by atoms with van der Waals surface area (Å²) in [5, 5.41) is 6.16. The molecule has 0 aromatic heterocycles. The normalized spacial score (nSPS) is 17.1. The number of rotatable bonds is 11. The summed E-state index contributed by atoms with van der Waals surface area (Å²) in [4.78, 5) is 13.8. The highest BCUT2D eigenvalue weighted by Crippen LogP contribution is 2.08. The molecule has 0 atom stereocenters. The lowest BCUT2D eigenvalue weighted by molar-refractivity contribution is -0.124. The summed E-state index contributed by atoms with van der Waals surface area (Å²) in [6, 6.07) is 0.682. The fourth-order valence-corrected chi connectivity index (χ4v) is 2.41. The van der Waals surface area contributed by atoms with Crippen LogP contribution in [-0.2, 0) is 14.3 Å². The third kappa shape index (κ3) is 8.68. The summed E-state index contributed by atoms with van der Waals surface area (Å²) in [6.45, 7) is 10.1. The standard InChI is InChI=1S/C16H33N3O3/c1-14(2)16(20)18-6-10-21-12-13-22-11-9-19-7-4-15(17-3)5-8-19/h14-15,17H,4-13H2,1-3H3,(H,18,20). The average Bonchev–Trinajstić information content (AvgIpc) is 2.53. The van der Waals surface area contributed by atoms with E-state index in [0.29, 0.717) is 32.4 Å². The van der Waals surface area contributed by atoms with Crippen molar-refractivity contribution in [3.05, 3.63) is 0 Å². The first kappa shape index (κ1) is 19.4. The first-order chi connectivity index (χ1) is 10.6. The van der Waals surface area contributed by atoms with Crippen molar-refractivity contribution in [3.63, 3.8) is 0 Å². The highest BCUT2D eigenvalue weighted by Gasteiger charge is 2.16. The van der Waals surface area contributed by atoms with Gasteiger partial charge in [0, 0.05) is 25.0 Å². The minimum absolute atomic E-state index is 0.0292. The van der Waals surface area contributed by atoms with Gasteiger partial charge in [-0.3, -0.25) is 4.79 Å². The fraction of sp³-hybridized carbons (Fsp3) is 0.938. The number of likely N-dealkylation sites (tertiary alicyclic amines) is 1. The molecule has 130 valence electrons. The first-order valence-corrected chi connectivity index (χ1v) is 8.46. The second-order valence-corrected chi connectivity index (χ2v) is 6.08. The zero-order valence-corrected chi connectivity index (χ0v) is 14.4. The Morgan fingerprint density at radius 3 is 2.36 bits per heavy atom. The molecule has 1 saturated heterocycles. The smallest absolute Gasteiger partial charge is 0.222 e. The number of amides is 1. The molecule has 6 heteroatoms. The van der Waals surface area contributed by atoms with Crippen LogP contribution in [0, 0.1) is 5.92 Å². The minimum atomic E-state index is 0.0292. The Labute approximate surface area is 134 Å². The molecular weight excluding hydrogens is 282 g/mol. The van der Waals surface area contributed by atoms with Crippen LogP contribution in [0.1, 0.15) is 26.7 Å². The molecular formula is C16H33N3O3. The largest absolute Gasteiger partial charge is 0.378 e. The second-order valence-electron chi connectivity index (χ2n) is 6.08. The summed E-state index contributed by atoms with van der Waals surface area (Å²) in [5.74, 6) is 0.100. The molecule has 1 aliphatic heterocycles. The van der Waals surface area contributed by atoms with Gasteiger partial charge in [0.15, 0.2) is 0 Å². The molecule has 1 rings (SSSR count). The van der Waals surface area contributed by atoms with E-state index < -0.39 is 0 Å². The number of nitrogens with zero attached hydrogens (tertiary/aromatic N) is 1. The van der Waals surface area contributed by atoms with Crippen LogP contribution in [0.15, 0.2) is 0 Å². The molecule has 0 aromatic carbocycles. The third-order valence-electron chi connectivity index (χ3n) is 3.99. The third-order valence-corrected chi connectivity index (χ3v) is 3.99. The molecule has 6 nitrogen and oxygen atoms in total. The van der Waals surface area contributed by atoms with Crippen molar-refractivity contribution in [2.24, 2.45) is 5.92 Å². The lowest BCUT2D eigenvalue weighted by Gasteiger charge is -2.31. The predicted octanol–water partition coefficient (Wildman–Crippen LogP) is 0.476. The van der Waals surface area contributed by atoms with Crippen molar-refractivity contribution in [2.45, 2.75) is 32.7 Å². The lowest BCUT2D eigenvalue weighted by atomic mass is 10.1. The van der Waals surface area contributed by atoms with Crippen LogP contribution in [0.2, 0.25) is 0 Å². The first-order valence-electron chi connectivity index (χ1n) is 8.46. The number of hydrogen-bond acceptors (Lipinski definition) is 5. The lowest BCUT2D eigenvalue weighted by Crippen LogP contribution is -2.42. The van der Waals surface area contributed by atoms with E-state index in [4.69, 9.17) is 9.47 Å². The zero-order valence-electron chi connectivity index (χ0n) is 14.4. The number of piperidine rings is 1. The molecule has 0 aliphatic carbocycles. The maximum Gasteiger partial charge on any atom is 0.222 e. The maximum atomic E-state index is 11.3. The summed E-state index contributed by atoms with van der Waals surface area (Å²) >= 11 is 0. The molecule has 0 radical (unpaired) electrons. The number of carbonyl (C=O) groups is 1. The molecule has 22 heavy (non-hydrogen) atoms. The molecule has 0 saturated carbocycles. The van der Waals surface area contributed by atoms with Crippen LogP contribution in [0.4, 0.5) is 0 Å². The van der Waals surface area contributed by atoms with Gasteiger partial charge in [0.2, 0.25) is 5.91 Å². The topological polar surface area (TPSA) is 62.8 Å². The molecule has 2 N–H and O–H groups in total. The average molecular weight is 315 g/mol. The van der Waals surface area contributed by atoms with Crippen molar-refractivity contribution < 1.29 is 14.3 Å². The van der Waals surface area contributed by atoms with Gasteiger partial charge < -0.3 is 25.0 Å². The molecule has 1 aliphatic rings. The number of hydrogen-bond donors (Lipinski definition) is 2. The zero-order chi connectivity index (χ0) is 16.2. The van der Waals surface area contributed by atoms with Crippen LogP contribution < -0.4 is 10.6 Å². The molecule has 1 amide bonds. The molecule has 0 aromatic rings. The highest BCUT2D eigenvalue weighted by molar-refractivity contribution is 5.77. The van der Waals surface area contributed by atoms with Gasteiger partial charge in [-0.1, -0.05) is 13.8 Å². The van der Waals surface area contributed by atoms with Crippen molar-refractivity contribution in [2.75, 3.05) is 59.7 Å². The van der Waals surface area contributed by atoms with Crippen molar-refractivity contribution in [1.29, 1.82) is 0 Å². The van der Waals surface area contributed by atoms with Gasteiger partial charge in [-0.25, -0.2) is 0 Å². The van der Waals surface area contributed by atoms with Gasteiger partial charge in [0.05, 0.1) is 26.4 Å². The number of carbonyl (C=O) groups excluding carboxylic acids is 1. The van der Waals surface area contributed by atoms with Crippen LogP contribution in [-0.4, -0.2) is 76.5 Å². The van der Waals surface area contributed by atoms with E-state index in [1.807, 2.05) is 20.9 Å². The minimum Gasteiger partial charge on any atom is -0.378 e. The summed E-state index contributed by atoms with van der Waals surface area (Å²) in [6.07, 6.45) is 2.45. The van der Waals surface area contributed by atoms with Crippen molar-refractivity contribution in [1.82, 2.24) is 15.5 Å². The molecule has 0 spiro atoms. The van der Waals surface area contributed by atoms with E-state index in [1.54, 1.807) is 0 Å². The van der Waals surface area contributed by atoms with E-state index in [0.717, 1.165) is 26.2 Å². The van der Waals surface area contributed by atoms with E-state index in [9.17, 15) is 4.79 Å². The Morgan fingerprint density at radius 1 is 1.14 bits per heavy atom. The Balaban J connectivity index is 1.83. The maximum absolute atomic E-state index is 11.3. The Hall–Kier alpha value is -0.690. The van der Waals surface area contributed by atoms with E-state index in [2.05, 4.69) is 15.5 Å². The molecule has 0 unspecified atom stereocenters. The number of nitrogens with one attached hydrogen (secondary N) is 2. The molecule has 1 fully saturated rings. The highest BCUT2D eigenvalue weighted by atomic mass is 16.5. The van der Waals surface area contributed by atoms with Crippen LogP contribution in [0.5, 0.6) is 0 Å². The van der Waals surface area contributed by atoms with Crippen LogP contribution in [0.25, 0.3) is 0 Å². The Morgan fingerprint density at radius 2 is 1.77 bits per heavy atom. The Kier molecular flexibility index (Phi) is 10.4. The van der Waals surface area contributed by atoms with Crippen molar-refractivity contribution in [3.8, 4) is 0 Å².